The van der Waals surface area contributed by atoms with Crippen LogP contribution in [-0.4, -0.2) is 15.0 Å². The third-order valence-electron chi connectivity index (χ3n) is 6.30. The number of nitrogens with zero attached hydrogens (tertiary/aromatic N) is 3. The number of aromatic nitrogens is 3. The predicted molar refractivity (Wildman–Crippen MR) is 135 cm³/mol. The number of hydrogen-bond acceptors (Lipinski definition) is 5. The molecular formula is C29H19N3O2. The molecule has 0 spiro atoms. The van der Waals surface area contributed by atoms with Gasteiger partial charge in [-0.1, -0.05) is 30.3 Å². The number of rotatable bonds is 2. The molecule has 0 bridgehead atoms. The smallest absolute Gasteiger partial charge is 0.227 e. The second kappa shape index (κ2) is 6.99. The fraction of sp³-hybridized carbons (Fsp3) is 0.0690. The first kappa shape index (κ1) is 19.0. The normalized spacial score (nSPS) is 11.8. The Morgan fingerprint density at radius 1 is 0.500 bits per heavy atom. The molecule has 0 saturated heterocycles. The zero-order valence-corrected chi connectivity index (χ0v) is 18.7. The van der Waals surface area contributed by atoms with Gasteiger partial charge >= 0.3 is 0 Å². The van der Waals surface area contributed by atoms with Gasteiger partial charge in [0.25, 0.3) is 0 Å². The lowest BCUT2D eigenvalue weighted by Gasteiger charge is -2.08. The summed E-state index contributed by atoms with van der Waals surface area (Å²) >= 11 is 0. The quantitative estimate of drug-likeness (QED) is 0.276. The average molecular weight is 441 g/mol. The Hall–Kier alpha value is -4.51. The highest BCUT2D eigenvalue weighted by molar-refractivity contribution is 6.12. The summed E-state index contributed by atoms with van der Waals surface area (Å²) in [5.41, 5.74) is 8.57. The van der Waals surface area contributed by atoms with Crippen molar-refractivity contribution in [1.82, 2.24) is 15.0 Å². The molecule has 0 N–H and O–H groups in total. The average Bonchev–Trinajstić information content (AvgIpc) is 3.40. The van der Waals surface area contributed by atoms with E-state index in [1.165, 1.54) is 0 Å². The molecule has 5 heteroatoms. The van der Waals surface area contributed by atoms with E-state index in [0.717, 1.165) is 66.6 Å². The zero-order chi connectivity index (χ0) is 22.8. The Labute approximate surface area is 194 Å². The summed E-state index contributed by atoms with van der Waals surface area (Å²) in [6.45, 7) is 3.94. The second-order valence-electron chi connectivity index (χ2n) is 8.58. The van der Waals surface area contributed by atoms with Crippen LogP contribution in [0.3, 0.4) is 0 Å². The van der Waals surface area contributed by atoms with E-state index in [1.54, 1.807) is 0 Å². The number of benzene rings is 2. The number of aryl methyl sites for hydroxylation is 2. The summed E-state index contributed by atoms with van der Waals surface area (Å²) in [5.74, 6) is 0. The van der Waals surface area contributed by atoms with Crippen LogP contribution in [-0.2, 0) is 0 Å². The SMILES string of the molecule is Cc1ccc2c(n1)oc1cccc(-c3cccc(-c4cccc5oc6nc(C)ccc6c45)n3)c12. The first-order valence-electron chi connectivity index (χ1n) is 11.2. The van der Waals surface area contributed by atoms with Crippen LogP contribution in [0.25, 0.3) is 66.7 Å². The van der Waals surface area contributed by atoms with Crippen LogP contribution in [0.2, 0.25) is 0 Å². The molecule has 0 amide bonds. The van der Waals surface area contributed by atoms with E-state index in [-0.39, 0.29) is 0 Å². The topological polar surface area (TPSA) is 65.0 Å². The standard InChI is InChI=1S/C29H19N3O2/c1-16-12-14-20-26-18(6-3-10-24(26)33-28(20)30-16)22-8-5-9-23(32-22)19-7-4-11-25-27(19)21-15-13-17(2)31-29(21)34-25/h3-15H,1-2H3. The van der Waals surface area contributed by atoms with E-state index in [0.29, 0.717) is 11.4 Å². The zero-order valence-electron chi connectivity index (χ0n) is 18.7. The van der Waals surface area contributed by atoms with Gasteiger partial charge in [-0.15, -0.1) is 0 Å². The molecule has 0 saturated carbocycles. The van der Waals surface area contributed by atoms with Crippen molar-refractivity contribution in [2.45, 2.75) is 13.8 Å². The van der Waals surface area contributed by atoms with Crippen LogP contribution in [0.4, 0.5) is 0 Å². The summed E-state index contributed by atoms with van der Waals surface area (Å²) in [4.78, 5) is 14.2. The number of pyridine rings is 3. The van der Waals surface area contributed by atoms with E-state index >= 15 is 0 Å². The molecule has 2 aromatic carbocycles. The minimum absolute atomic E-state index is 0.649. The molecular weight excluding hydrogens is 422 g/mol. The van der Waals surface area contributed by atoms with E-state index in [9.17, 15) is 0 Å². The molecule has 7 aromatic rings. The molecule has 0 atom stereocenters. The Morgan fingerprint density at radius 2 is 0.971 bits per heavy atom. The Balaban J connectivity index is 1.47. The molecule has 34 heavy (non-hydrogen) atoms. The van der Waals surface area contributed by atoms with E-state index in [4.69, 9.17) is 13.8 Å². The Bertz CT molecular complexity index is 1760. The van der Waals surface area contributed by atoms with E-state index in [2.05, 4.69) is 34.2 Å². The third kappa shape index (κ3) is 2.77. The summed E-state index contributed by atoms with van der Waals surface area (Å²) < 4.78 is 12.1. The monoisotopic (exact) mass is 441 g/mol. The van der Waals surface area contributed by atoms with Gasteiger partial charge in [-0.3, -0.25) is 0 Å². The van der Waals surface area contributed by atoms with Crippen molar-refractivity contribution >= 4 is 44.1 Å². The minimum Gasteiger partial charge on any atom is -0.438 e. The van der Waals surface area contributed by atoms with Gasteiger partial charge in [0.15, 0.2) is 0 Å². The van der Waals surface area contributed by atoms with Crippen LogP contribution in [0.1, 0.15) is 11.4 Å². The molecule has 162 valence electrons. The van der Waals surface area contributed by atoms with Crippen molar-refractivity contribution in [1.29, 1.82) is 0 Å². The Kier molecular flexibility index (Phi) is 3.91. The van der Waals surface area contributed by atoms with Crippen molar-refractivity contribution in [2.24, 2.45) is 0 Å². The molecule has 0 aliphatic carbocycles. The largest absolute Gasteiger partial charge is 0.438 e. The van der Waals surface area contributed by atoms with Gasteiger partial charge < -0.3 is 8.83 Å². The van der Waals surface area contributed by atoms with Gasteiger partial charge in [0.2, 0.25) is 11.4 Å². The summed E-state index contributed by atoms with van der Waals surface area (Å²) in [6, 6.07) is 26.4. The molecule has 0 radical (unpaired) electrons. The van der Waals surface area contributed by atoms with Crippen molar-refractivity contribution in [3.63, 3.8) is 0 Å². The Morgan fingerprint density at radius 3 is 1.47 bits per heavy atom. The van der Waals surface area contributed by atoms with Crippen LogP contribution in [0.15, 0.2) is 87.7 Å². The first-order valence-corrected chi connectivity index (χ1v) is 11.2. The molecule has 0 fully saturated rings. The first-order chi connectivity index (χ1) is 16.7. The number of fused-ring (bicyclic) bond motifs is 6. The highest BCUT2D eigenvalue weighted by Crippen LogP contribution is 2.38. The van der Waals surface area contributed by atoms with Gasteiger partial charge in [-0.25, -0.2) is 15.0 Å². The van der Waals surface area contributed by atoms with Gasteiger partial charge in [-0.2, -0.15) is 0 Å². The van der Waals surface area contributed by atoms with Gasteiger partial charge in [0.05, 0.1) is 11.4 Å². The maximum absolute atomic E-state index is 6.06. The van der Waals surface area contributed by atoms with Gasteiger partial charge in [-0.05, 0) is 62.4 Å². The van der Waals surface area contributed by atoms with Crippen LogP contribution < -0.4 is 0 Å². The lowest BCUT2D eigenvalue weighted by molar-refractivity contribution is 0.652. The molecule has 5 heterocycles. The van der Waals surface area contributed by atoms with Crippen molar-refractivity contribution in [3.05, 3.63) is 90.3 Å². The molecule has 5 nitrogen and oxygen atoms in total. The molecule has 0 unspecified atom stereocenters. The molecule has 7 rings (SSSR count). The highest BCUT2D eigenvalue weighted by Gasteiger charge is 2.17. The molecule has 5 aromatic heterocycles. The maximum atomic E-state index is 6.06. The number of hydrogen-bond donors (Lipinski definition) is 0. The number of furan rings is 2. The molecule has 0 aliphatic heterocycles. The van der Waals surface area contributed by atoms with Crippen molar-refractivity contribution < 1.29 is 8.83 Å². The van der Waals surface area contributed by atoms with Gasteiger partial charge in [0, 0.05) is 44.1 Å². The maximum Gasteiger partial charge on any atom is 0.227 e. The summed E-state index contributed by atoms with van der Waals surface area (Å²) in [5, 5.41) is 4.04. The minimum atomic E-state index is 0.649. The lowest BCUT2D eigenvalue weighted by atomic mass is 10.0. The lowest BCUT2D eigenvalue weighted by Crippen LogP contribution is -1.89. The van der Waals surface area contributed by atoms with Crippen LogP contribution in [0, 0.1) is 13.8 Å². The second-order valence-corrected chi connectivity index (χ2v) is 8.58. The molecule has 0 aliphatic rings. The summed E-state index contributed by atoms with van der Waals surface area (Å²) in [7, 11) is 0. The summed E-state index contributed by atoms with van der Waals surface area (Å²) in [6.07, 6.45) is 0. The van der Waals surface area contributed by atoms with Crippen molar-refractivity contribution in [3.8, 4) is 22.5 Å². The van der Waals surface area contributed by atoms with Gasteiger partial charge in [0.1, 0.15) is 11.2 Å². The third-order valence-corrected chi connectivity index (χ3v) is 6.30. The predicted octanol–water partition coefficient (Wildman–Crippen LogP) is 7.62. The fourth-order valence-electron chi connectivity index (χ4n) is 4.76. The van der Waals surface area contributed by atoms with E-state index in [1.807, 2.05) is 68.4 Å². The highest BCUT2D eigenvalue weighted by atomic mass is 16.3. The van der Waals surface area contributed by atoms with Crippen LogP contribution in [0.5, 0.6) is 0 Å². The van der Waals surface area contributed by atoms with Crippen molar-refractivity contribution in [2.75, 3.05) is 0 Å². The van der Waals surface area contributed by atoms with E-state index < -0.39 is 0 Å². The fourth-order valence-corrected chi connectivity index (χ4v) is 4.76. The van der Waals surface area contributed by atoms with Crippen LogP contribution >= 0.6 is 0 Å².